The molecule has 272 valence electrons. The first-order valence-corrected chi connectivity index (χ1v) is 19.4. The van der Waals surface area contributed by atoms with E-state index in [-0.39, 0.29) is 6.04 Å². The van der Waals surface area contributed by atoms with Gasteiger partial charge in [0.25, 0.3) is 0 Å². The largest absolute Gasteiger partial charge is 0.369 e. The van der Waals surface area contributed by atoms with Crippen LogP contribution in [0.4, 0.5) is 0 Å². The van der Waals surface area contributed by atoms with Gasteiger partial charge in [0.05, 0.1) is 28.1 Å². The van der Waals surface area contributed by atoms with E-state index in [2.05, 4.69) is 168 Å². The monoisotopic (exact) mass is 733 g/mol. The van der Waals surface area contributed by atoms with Crippen LogP contribution in [0.3, 0.4) is 0 Å². The number of nitrogens with two attached hydrogens (primary N) is 1. The van der Waals surface area contributed by atoms with Gasteiger partial charge >= 0.3 is 0 Å². The van der Waals surface area contributed by atoms with Gasteiger partial charge in [-0.1, -0.05) is 170 Å². The summed E-state index contributed by atoms with van der Waals surface area (Å²) < 4.78 is 4.55. The van der Waals surface area contributed by atoms with Gasteiger partial charge in [-0.15, -0.1) is 0 Å². The number of rotatable bonds is 6. The summed E-state index contributed by atoms with van der Waals surface area (Å²) in [5.74, 6) is 0.919. The zero-order chi connectivity index (χ0) is 38.3. The molecule has 1 atom stereocenters. The summed E-state index contributed by atoms with van der Waals surface area (Å²) in [6, 6.07) is 70.1. The van der Waals surface area contributed by atoms with Crippen molar-refractivity contribution in [3.63, 3.8) is 0 Å². The van der Waals surface area contributed by atoms with Crippen molar-refractivity contribution >= 4 is 55.4 Å². The Balaban J connectivity index is 1.29. The first-order valence-electron chi connectivity index (χ1n) is 19.4. The van der Waals surface area contributed by atoms with Crippen molar-refractivity contribution in [3.05, 3.63) is 211 Å². The van der Waals surface area contributed by atoms with Crippen LogP contribution < -0.4 is 5.73 Å². The van der Waals surface area contributed by atoms with E-state index in [4.69, 9.17) is 15.7 Å². The lowest BCUT2D eigenvalue weighted by atomic mass is 9.98. The van der Waals surface area contributed by atoms with Crippen LogP contribution >= 0.6 is 0 Å². The molecule has 57 heavy (non-hydrogen) atoms. The molecule has 0 bridgehead atoms. The van der Waals surface area contributed by atoms with Crippen LogP contribution in [0.25, 0.3) is 71.6 Å². The average Bonchev–Trinajstić information content (AvgIpc) is 3.80. The summed E-state index contributed by atoms with van der Waals surface area (Å²) >= 11 is 0. The molecule has 8 aromatic carbocycles. The van der Waals surface area contributed by atoms with Crippen molar-refractivity contribution in [2.45, 2.75) is 13.0 Å². The van der Waals surface area contributed by atoms with Gasteiger partial charge in [0.2, 0.25) is 5.96 Å². The van der Waals surface area contributed by atoms with Crippen molar-refractivity contribution < 1.29 is 0 Å². The molecule has 5 heteroatoms. The topological polar surface area (TPSA) is 60.6 Å². The smallest absolute Gasteiger partial charge is 0.207 e. The molecule has 10 rings (SSSR count). The highest BCUT2D eigenvalue weighted by Gasteiger charge is 2.23. The van der Waals surface area contributed by atoms with Gasteiger partial charge in [-0.3, -0.25) is 9.56 Å². The normalized spacial score (nSPS) is 12.9. The number of para-hydroxylation sites is 2. The third-order valence-corrected chi connectivity index (χ3v) is 10.9. The molecule has 2 aromatic heterocycles. The van der Waals surface area contributed by atoms with Gasteiger partial charge in [0, 0.05) is 32.8 Å². The molecule has 0 spiro atoms. The highest BCUT2D eigenvalue weighted by atomic mass is 15.2. The molecule has 0 fully saturated rings. The molecule has 0 aliphatic rings. The molecule has 1 unspecified atom stereocenters. The molecule has 0 aliphatic heterocycles. The zero-order valence-corrected chi connectivity index (χ0v) is 31.5. The second kappa shape index (κ2) is 14.3. The van der Waals surface area contributed by atoms with E-state index in [1.165, 1.54) is 0 Å². The molecule has 10 aromatic rings. The molecule has 2 N–H and O–H groups in total. The van der Waals surface area contributed by atoms with Crippen LogP contribution in [-0.4, -0.2) is 20.9 Å². The number of fused-ring (bicyclic) bond motifs is 7. The molecular formula is C52H39N5. The second-order valence-electron chi connectivity index (χ2n) is 14.4. The Labute approximate surface area is 331 Å². The third kappa shape index (κ3) is 6.06. The minimum atomic E-state index is -0.138. The quantitative estimate of drug-likeness (QED) is 0.134. The fourth-order valence-corrected chi connectivity index (χ4v) is 8.24. The van der Waals surface area contributed by atoms with Crippen molar-refractivity contribution in [1.82, 2.24) is 9.13 Å². The summed E-state index contributed by atoms with van der Waals surface area (Å²) in [5, 5.41) is 4.49. The highest BCUT2D eigenvalue weighted by molar-refractivity contribution is 6.26. The maximum Gasteiger partial charge on any atom is 0.207 e. The van der Waals surface area contributed by atoms with Gasteiger partial charge in [-0.2, -0.15) is 4.99 Å². The van der Waals surface area contributed by atoms with Gasteiger partial charge in [0.1, 0.15) is 0 Å². The fourth-order valence-electron chi connectivity index (χ4n) is 8.24. The number of amidine groups is 1. The summed E-state index contributed by atoms with van der Waals surface area (Å²) in [6.07, 6.45) is 0. The zero-order valence-electron chi connectivity index (χ0n) is 31.5. The van der Waals surface area contributed by atoms with Gasteiger partial charge in [-0.05, 0) is 65.1 Å². The Hall–Kier alpha value is -7.50. The van der Waals surface area contributed by atoms with Crippen molar-refractivity contribution in [2.24, 2.45) is 15.7 Å². The summed E-state index contributed by atoms with van der Waals surface area (Å²) in [6.45, 7) is 2.10. The Morgan fingerprint density at radius 1 is 0.474 bits per heavy atom. The second-order valence-corrected chi connectivity index (χ2v) is 14.4. The molecule has 0 radical (unpaired) electrons. The Bertz CT molecular complexity index is 3060. The third-order valence-electron chi connectivity index (χ3n) is 10.9. The SMILES string of the molecule is CC(N=C(N=C(N)n1c2ccccc2c2ccc3c4ccccc4n(-c4cc(-c5ccccc5)cc(-c5ccccc5)c4)c3c21)c1ccccc1)c1ccccc1. The predicted octanol–water partition coefficient (Wildman–Crippen LogP) is 12.6. The van der Waals surface area contributed by atoms with Crippen LogP contribution in [0.2, 0.25) is 0 Å². The van der Waals surface area contributed by atoms with Crippen molar-refractivity contribution in [3.8, 4) is 27.9 Å². The number of benzene rings is 8. The van der Waals surface area contributed by atoms with Crippen LogP contribution in [0, 0.1) is 0 Å². The number of hydrogen-bond acceptors (Lipinski definition) is 1. The van der Waals surface area contributed by atoms with E-state index in [0.717, 1.165) is 82.7 Å². The van der Waals surface area contributed by atoms with Gasteiger partial charge < -0.3 is 10.3 Å². The number of hydrogen-bond donors (Lipinski definition) is 1. The minimum absolute atomic E-state index is 0.138. The van der Waals surface area contributed by atoms with E-state index < -0.39 is 0 Å². The van der Waals surface area contributed by atoms with Crippen LogP contribution in [0.1, 0.15) is 24.1 Å². The Kier molecular flexibility index (Phi) is 8.53. The van der Waals surface area contributed by atoms with Crippen LogP contribution in [-0.2, 0) is 0 Å². The maximum absolute atomic E-state index is 7.32. The molecule has 0 saturated heterocycles. The lowest BCUT2D eigenvalue weighted by Crippen LogP contribution is -2.24. The van der Waals surface area contributed by atoms with E-state index in [0.29, 0.717) is 11.8 Å². The van der Waals surface area contributed by atoms with E-state index in [1.54, 1.807) is 0 Å². The molecule has 0 aliphatic carbocycles. The molecule has 2 heterocycles. The number of nitrogens with zero attached hydrogens (tertiary/aromatic N) is 4. The minimum Gasteiger partial charge on any atom is -0.369 e. The van der Waals surface area contributed by atoms with Crippen LogP contribution in [0.5, 0.6) is 0 Å². The summed E-state index contributed by atoms with van der Waals surface area (Å²) in [4.78, 5) is 10.4. The maximum atomic E-state index is 7.32. The molecular weight excluding hydrogens is 695 g/mol. The predicted molar refractivity (Wildman–Crippen MR) is 240 cm³/mol. The standard InChI is InChI=1S/C52H39N5/c1-35(36-18-6-2-7-19-36)54-51(39-24-12-5-13-25-39)55-52(53)57-48-29-17-15-27-44(48)46-31-30-45-43-26-14-16-28-47(43)56(49(45)50(46)57)42-33-40(37-20-8-3-9-21-37)32-41(34-42)38-22-10-4-11-23-38/h2-35H,1H3,(H2,53,54,55). The highest BCUT2D eigenvalue weighted by Crippen LogP contribution is 2.41. The van der Waals surface area contributed by atoms with E-state index >= 15 is 0 Å². The fraction of sp³-hybridized carbons (Fsp3) is 0.0385. The van der Waals surface area contributed by atoms with Gasteiger partial charge in [0.15, 0.2) is 5.84 Å². The summed E-state index contributed by atoms with van der Waals surface area (Å²) in [7, 11) is 0. The molecule has 5 nitrogen and oxygen atoms in total. The number of aliphatic imine (C=N–C) groups is 2. The number of aromatic nitrogens is 2. The van der Waals surface area contributed by atoms with Crippen molar-refractivity contribution in [1.29, 1.82) is 0 Å². The van der Waals surface area contributed by atoms with Crippen LogP contribution in [0.15, 0.2) is 210 Å². The Morgan fingerprint density at radius 3 is 1.58 bits per heavy atom. The Morgan fingerprint density at radius 2 is 0.965 bits per heavy atom. The first kappa shape index (κ1) is 34.0. The first-order chi connectivity index (χ1) is 28.1. The lowest BCUT2D eigenvalue weighted by molar-refractivity contribution is 0.818. The van der Waals surface area contributed by atoms with Crippen molar-refractivity contribution in [2.75, 3.05) is 0 Å². The van der Waals surface area contributed by atoms with E-state index in [9.17, 15) is 0 Å². The van der Waals surface area contributed by atoms with Gasteiger partial charge in [-0.25, -0.2) is 0 Å². The summed E-state index contributed by atoms with van der Waals surface area (Å²) in [5.41, 5.74) is 19.1. The average molecular weight is 734 g/mol. The van der Waals surface area contributed by atoms with E-state index in [1.807, 2.05) is 48.5 Å². The molecule has 0 amide bonds. The lowest BCUT2D eigenvalue weighted by Gasteiger charge is -2.16. The molecule has 0 saturated carbocycles.